The third-order valence-electron chi connectivity index (χ3n) is 4.44. The highest BCUT2D eigenvalue weighted by atomic mass is 16.6. The van der Waals surface area contributed by atoms with Crippen molar-refractivity contribution >= 4 is 11.7 Å². The van der Waals surface area contributed by atoms with Crippen LogP contribution in [0.5, 0.6) is 0 Å². The molecule has 30 heavy (non-hydrogen) atoms. The molecular weight excluding hydrogens is 386 g/mol. The van der Waals surface area contributed by atoms with Gasteiger partial charge in [0.15, 0.2) is 12.4 Å². The van der Waals surface area contributed by atoms with Gasteiger partial charge >= 0.3 is 5.97 Å². The lowest BCUT2D eigenvalue weighted by atomic mass is 10.1. The smallest absolute Gasteiger partial charge is 0.310 e. The fourth-order valence-electron chi connectivity index (χ4n) is 2.90. The van der Waals surface area contributed by atoms with Gasteiger partial charge in [-0.3, -0.25) is 14.9 Å². The zero-order chi connectivity index (χ0) is 20.9. The molecule has 0 atom stereocenters. The minimum atomic E-state index is -0.474. The topological polar surface area (TPSA) is 100 Å². The first-order valence-corrected chi connectivity index (χ1v) is 9.16. The van der Waals surface area contributed by atoms with Crippen LogP contribution < -0.4 is 0 Å². The molecule has 4 rings (SSSR count). The van der Waals surface area contributed by atoms with Gasteiger partial charge in [0.05, 0.1) is 17.5 Å². The van der Waals surface area contributed by atoms with Crippen LogP contribution in [0.15, 0.2) is 83.7 Å². The Morgan fingerprint density at radius 2 is 1.77 bits per heavy atom. The molecule has 0 saturated heterocycles. The Morgan fingerprint density at radius 3 is 2.43 bits per heavy atom. The molecule has 2 heterocycles. The number of nitro groups is 1. The average molecular weight is 403 g/mol. The molecule has 0 radical (unpaired) electrons. The van der Waals surface area contributed by atoms with Gasteiger partial charge in [-0.05, 0) is 42.0 Å². The summed E-state index contributed by atoms with van der Waals surface area (Å²) in [4.78, 5) is 26.5. The summed E-state index contributed by atoms with van der Waals surface area (Å²) in [5.41, 5.74) is 2.44. The maximum absolute atomic E-state index is 12.1. The number of nitrogens with zero attached hydrogens (tertiary/aromatic N) is 3. The second-order valence-corrected chi connectivity index (χ2v) is 6.53. The van der Waals surface area contributed by atoms with Crippen LogP contribution in [0.4, 0.5) is 5.69 Å². The summed E-state index contributed by atoms with van der Waals surface area (Å²) in [5.74, 6) is 0.313. The van der Waals surface area contributed by atoms with E-state index in [1.54, 1.807) is 12.1 Å². The number of esters is 1. The van der Waals surface area contributed by atoms with Crippen LogP contribution in [0.25, 0.3) is 17.1 Å². The molecule has 0 fully saturated rings. The molecule has 0 aliphatic rings. The number of hydrogen-bond acceptors (Lipinski definition) is 6. The van der Waals surface area contributed by atoms with Crippen molar-refractivity contribution in [3.8, 4) is 17.1 Å². The SMILES string of the molecule is O=C(Cc1ccc(-n2cccc2)cc1)OCc1cnc(-c2ccc([N+](=O)[O-])cc2)o1. The molecule has 0 saturated carbocycles. The second kappa shape index (κ2) is 8.44. The number of carbonyl (C=O) groups is 1. The van der Waals surface area contributed by atoms with Gasteiger partial charge in [0.1, 0.15) is 0 Å². The van der Waals surface area contributed by atoms with Crippen molar-refractivity contribution in [2.24, 2.45) is 0 Å². The summed E-state index contributed by atoms with van der Waals surface area (Å²) >= 11 is 0. The number of non-ortho nitro benzene ring substituents is 1. The van der Waals surface area contributed by atoms with Gasteiger partial charge in [0, 0.05) is 35.8 Å². The first-order valence-electron chi connectivity index (χ1n) is 9.16. The van der Waals surface area contributed by atoms with E-state index in [2.05, 4.69) is 4.98 Å². The van der Waals surface area contributed by atoms with Gasteiger partial charge in [-0.2, -0.15) is 0 Å². The summed E-state index contributed by atoms with van der Waals surface area (Å²) in [6, 6.07) is 17.4. The van der Waals surface area contributed by atoms with Crippen LogP contribution in [0.1, 0.15) is 11.3 Å². The van der Waals surface area contributed by atoms with E-state index in [9.17, 15) is 14.9 Å². The second-order valence-electron chi connectivity index (χ2n) is 6.53. The third kappa shape index (κ3) is 4.44. The maximum atomic E-state index is 12.1. The van der Waals surface area contributed by atoms with Gasteiger partial charge in [0.2, 0.25) is 5.89 Å². The number of hydrogen-bond donors (Lipinski definition) is 0. The normalized spacial score (nSPS) is 10.7. The molecule has 4 aromatic rings. The number of carbonyl (C=O) groups excluding carboxylic acids is 1. The molecule has 0 spiro atoms. The van der Waals surface area contributed by atoms with E-state index in [1.165, 1.54) is 18.3 Å². The van der Waals surface area contributed by atoms with Crippen molar-refractivity contribution in [2.45, 2.75) is 13.0 Å². The Morgan fingerprint density at radius 1 is 1.07 bits per heavy atom. The molecule has 0 bridgehead atoms. The van der Waals surface area contributed by atoms with E-state index in [0.29, 0.717) is 17.2 Å². The van der Waals surface area contributed by atoms with Gasteiger partial charge in [-0.1, -0.05) is 12.1 Å². The predicted octanol–water partition coefficient (Wildman–Crippen LogP) is 4.33. The maximum Gasteiger partial charge on any atom is 0.310 e. The van der Waals surface area contributed by atoms with E-state index in [0.717, 1.165) is 11.3 Å². The minimum absolute atomic E-state index is 0.0131. The van der Waals surface area contributed by atoms with Crippen LogP contribution in [0.3, 0.4) is 0 Å². The molecule has 0 N–H and O–H groups in total. The highest BCUT2D eigenvalue weighted by Crippen LogP contribution is 2.22. The number of benzene rings is 2. The lowest BCUT2D eigenvalue weighted by Gasteiger charge is -2.06. The number of oxazole rings is 1. The van der Waals surface area contributed by atoms with E-state index >= 15 is 0 Å². The van der Waals surface area contributed by atoms with Crippen molar-refractivity contribution < 1.29 is 18.9 Å². The van der Waals surface area contributed by atoms with Gasteiger partial charge in [-0.15, -0.1) is 0 Å². The number of ether oxygens (including phenoxy) is 1. The fraction of sp³-hybridized carbons (Fsp3) is 0.0909. The van der Waals surface area contributed by atoms with Crippen molar-refractivity contribution in [3.05, 3.63) is 101 Å². The summed E-state index contributed by atoms with van der Waals surface area (Å²) < 4.78 is 12.8. The molecular formula is C22H17N3O5. The minimum Gasteiger partial charge on any atom is -0.457 e. The largest absolute Gasteiger partial charge is 0.457 e. The molecule has 0 aliphatic carbocycles. The summed E-state index contributed by atoms with van der Waals surface area (Å²) in [7, 11) is 0. The van der Waals surface area contributed by atoms with Crippen LogP contribution in [0.2, 0.25) is 0 Å². The van der Waals surface area contributed by atoms with E-state index in [4.69, 9.17) is 9.15 Å². The van der Waals surface area contributed by atoms with E-state index < -0.39 is 4.92 Å². The molecule has 8 nitrogen and oxygen atoms in total. The quantitative estimate of drug-likeness (QED) is 0.259. The number of rotatable bonds is 7. The number of nitro benzene ring substituents is 1. The van der Waals surface area contributed by atoms with Crippen molar-refractivity contribution in [2.75, 3.05) is 0 Å². The molecule has 0 amide bonds. The average Bonchev–Trinajstić information content (AvgIpc) is 3.45. The van der Waals surface area contributed by atoms with Gasteiger partial charge in [-0.25, -0.2) is 4.98 Å². The Hall–Kier alpha value is -4.20. The highest BCUT2D eigenvalue weighted by Gasteiger charge is 2.12. The zero-order valence-corrected chi connectivity index (χ0v) is 15.8. The van der Waals surface area contributed by atoms with Crippen LogP contribution >= 0.6 is 0 Å². The van der Waals surface area contributed by atoms with E-state index in [1.807, 2.05) is 53.4 Å². The Kier molecular flexibility index (Phi) is 5.38. The van der Waals surface area contributed by atoms with Crippen LogP contribution in [-0.4, -0.2) is 20.4 Å². The van der Waals surface area contributed by atoms with Crippen LogP contribution in [0, 0.1) is 10.1 Å². The van der Waals surface area contributed by atoms with Crippen molar-refractivity contribution in [1.29, 1.82) is 0 Å². The Balaban J connectivity index is 1.31. The Bertz CT molecular complexity index is 1150. The molecule has 2 aromatic carbocycles. The molecule has 0 aliphatic heterocycles. The van der Waals surface area contributed by atoms with Gasteiger partial charge in [0.25, 0.3) is 5.69 Å². The number of aromatic nitrogens is 2. The van der Waals surface area contributed by atoms with E-state index in [-0.39, 0.29) is 24.7 Å². The van der Waals surface area contributed by atoms with Gasteiger partial charge < -0.3 is 13.7 Å². The zero-order valence-electron chi connectivity index (χ0n) is 15.8. The summed E-state index contributed by atoms with van der Waals surface area (Å²) in [6.07, 6.45) is 5.52. The lowest BCUT2D eigenvalue weighted by Crippen LogP contribution is -2.07. The predicted molar refractivity (Wildman–Crippen MR) is 108 cm³/mol. The molecule has 0 unspecified atom stereocenters. The lowest BCUT2D eigenvalue weighted by molar-refractivity contribution is -0.384. The van der Waals surface area contributed by atoms with Crippen molar-refractivity contribution in [1.82, 2.24) is 9.55 Å². The van der Waals surface area contributed by atoms with Crippen molar-refractivity contribution in [3.63, 3.8) is 0 Å². The first-order chi connectivity index (χ1) is 14.6. The molecule has 2 aromatic heterocycles. The molecule has 8 heteroatoms. The Labute approximate surface area is 171 Å². The highest BCUT2D eigenvalue weighted by molar-refractivity contribution is 5.72. The first kappa shape index (κ1) is 19.1. The monoisotopic (exact) mass is 403 g/mol. The third-order valence-corrected chi connectivity index (χ3v) is 4.44. The summed E-state index contributed by atoms with van der Waals surface area (Å²) in [5, 5.41) is 10.7. The fourth-order valence-corrected chi connectivity index (χ4v) is 2.90. The summed E-state index contributed by atoms with van der Waals surface area (Å²) in [6.45, 7) is -0.0414. The standard InChI is InChI=1S/C22H17N3O5/c26-21(13-16-3-7-18(8-4-16)24-11-1-2-12-24)29-15-20-14-23-22(30-20)17-5-9-19(10-6-17)25(27)28/h1-12,14H,13,15H2. The van der Waals surface area contributed by atoms with Crippen LogP contribution in [-0.2, 0) is 22.6 Å². The molecule has 150 valence electrons.